The minimum absolute atomic E-state index is 0.126. The van der Waals surface area contributed by atoms with E-state index in [2.05, 4.69) is 25.4 Å². The number of hydrogen-bond donors (Lipinski definition) is 5. The Morgan fingerprint density at radius 3 is 2.56 bits per heavy atom. The van der Waals surface area contributed by atoms with Crippen molar-refractivity contribution in [1.82, 2.24) is 25.4 Å². The molecule has 12 nitrogen and oxygen atoms in total. The number of aliphatic hydroxyl groups is 2. The highest BCUT2D eigenvalue weighted by molar-refractivity contribution is 6.30. The van der Waals surface area contributed by atoms with Crippen LogP contribution in [-0.4, -0.2) is 98.9 Å². The van der Waals surface area contributed by atoms with Gasteiger partial charge in [-0.15, -0.1) is 5.10 Å². The Labute approximate surface area is 211 Å². The molecule has 13 heteroatoms. The summed E-state index contributed by atoms with van der Waals surface area (Å²) >= 11 is 5.93. The predicted octanol–water partition coefficient (Wildman–Crippen LogP) is 0.871. The first-order valence-electron chi connectivity index (χ1n) is 11.4. The number of carboxylic acid groups (broad SMARTS) is 1. The van der Waals surface area contributed by atoms with Crippen molar-refractivity contribution in [3.05, 3.63) is 47.1 Å². The zero-order valence-corrected chi connectivity index (χ0v) is 20.1. The van der Waals surface area contributed by atoms with Crippen molar-refractivity contribution in [2.75, 3.05) is 44.3 Å². The predicted molar refractivity (Wildman–Crippen MR) is 131 cm³/mol. The molecule has 36 heavy (non-hydrogen) atoms. The van der Waals surface area contributed by atoms with Crippen molar-refractivity contribution in [1.29, 1.82) is 0 Å². The van der Waals surface area contributed by atoms with E-state index in [-0.39, 0.29) is 24.8 Å². The van der Waals surface area contributed by atoms with Crippen LogP contribution in [0.25, 0.3) is 11.0 Å². The van der Waals surface area contributed by atoms with E-state index in [0.717, 1.165) is 11.3 Å². The number of piperazine rings is 1. The van der Waals surface area contributed by atoms with Crippen LogP contribution in [-0.2, 0) is 11.2 Å². The zero-order valence-electron chi connectivity index (χ0n) is 19.3. The van der Waals surface area contributed by atoms with Crippen LogP contribution in [0.4, 0.5) is 10.5 Å². The molecule has 1 aromatic carbocycles. The van der Waals surface area contributed by atoms with E-state index >= 15 is 0 Å². The molecule has 1 aliphatic rings. The Hall–Kier alpha value is -3.61. The second-order valence-corrected chi connectivity index (χ2v) is 8.81. The van der Waals surface area contributed by atoms with Crippen LogP contribution in [0.5, 0.6) is 5.88 Å². The number of amides is 2. The summed E-state index contributed by atoms with van der Waals surface area (Å²) in [6, 6.07) is 7.83. The number of nitrogens with zero attached hydrogens (tertiary/aromatic N) is 4. The molecule has 0 bridgehead atoms. The van der Waals surface area contributed by atoms with Crippen LogP contribution in [0.1, 0.15) is 5.56 Å². The highest BCUT2D eigenvalue weighted by Gasteiger charge is 2.30. The fourth-order valence-electron chi connectivity index (χ4n) is 4.10. The molecule has 5 N–H and O–H groups in total. The number of pyridine rings is 1. The van der Waals surface area contributed by atoms with Crippen molar-refractivity contribution < 1.29 is 29.6 Å². The van der Waals surface area contributed by atoms with Gasteiger partial charge in [-0.2, -0.15) is 0 Å². The highest BCUT2D eigenvalue weighted by Crippen LogP contribution is 2.32. The van der Waals surface area contributed by atoms with Crippen LogP contribution in [0, 0.1) is 0 Å². The Morgan fingerprint density at radius 2 is 1.89 bits per heavy atom. The molecule has 0 radical (unpaired) electrons. The summed E-state index contributed by atoms with van der Waals surface area (Å²) in [6.45, 7) is 1.21. The summed E-state index contributed by atoms with van der Waals surface area (Å²) in [5.41, 5.74) is 2.10. The first-order valence-corrected chi connectivity index (χ1v) is 11.8. The van der Waals surface area contributed by atoms with Crippen molar-refractivity contribution in [2.45, 2.75) is 18.6 Å². The minimum atomic E-state index is -1.26. The Bertz CT molecular complexity index is 1200. The van der Waals surface area contributed by atoms with Gasteiger partial charge in [0.25, 0.3) is 0 Å². The Morgan fingerprint density at radius 1 is 1.17 bits per heavy atom. The Balaban J connectivity index is 1.45. The lowest BCUT2D eigenvalue weighted by Crippen LogP contribution is -2.55. The molecule has 1 saturated heterocycles. The molecule has 0 saturated carbocycles. The molecule has 4 rings (SSSR count). The van der Waals surface area contributed by atoms with Gasteiger partial charge in [0, 0.05) is 43.8 Å². The highest BCUT2D eigenvalue weighted by atomic mass is 35.5. The van der Waals surface area contributed by atoms with Crippen LogP contribution in [0.2, 0.25) is 5.02 Å². The third-order valence-corrected chi connectivity index (χ3v) is 6.16. The molecular formula is C23H27ClN6O6. The van der Waals surface area contributed by atoms with Crippen molar-refractivity contribution in [2.24, 2.45) is 0 Å². The first-order chi connectivity index (χ1) is 17.4. The number of ether oxygens (including phenoxy) is 1. The minimum Gasteiger partial charge on any atom is -0.473 e. The molecule has 2 amide bonds. The van der Waals surface area contributed by atoms with Gasteiger partial charge < -0.3 is 35.2 Å². The number of fused-ring (bicyclic) bond motifs is 1. The number of halogens is 1. The number of aromatic amines is 1. The molecule has 3 aromatic rings. The fourth-order valence-corrected chi connectivity index (χ4v) is 4.22. The van der Waals surface area contributed by atoms with E-state index in [0.29, 0.717) is 42.2 Å². The first kappa shape index (κ1) is 25.5. The monoisotopic (exact) mass is 518 g/mol. The third-order valence-electron chi connectivity index (χ3n) is 5.91. The molecule has 3 heterocycles. The van der Waals surface area contributed by atoms with Gasteiger partial charge in [-0.1, -0.05) is 23.7 Å². The maximum absolute atomic E-state index is 13.2. The molecule has 1 unspecified atom stereocenters. The number of carbonyl (C=O) groups is 2. The van der Waals surface area contributed by atoms with E-state index in [4.69, 9.17) is 21.4 Å². The average molecular weight is 519 g/mol. The number of rotatable bonds is 9. The van der Waals surface area contributed by atoms with Gasteiger partial charge in [-0.25, -0.2) is 9.78 Å². The summed E-state index contributed by atoms with van der Waals surface area (Å²) in [6.07, 6.45) is -0.452. The smallest absolute Gasteiger partial charge is 0.405 e. The quantitative estimate of drug-likeness (QED) is 0.276. The van der Waals surface area contributed by atoms with Crippen molar-refractivity contribution in [3.63, 3.8) is 0 Å². The largest absolute Gasteiger partial charge is 0.473 e. The molecule has 2 atom stereocenters. The number of aromatic nitrogens is 3. The lowest BCUT2D eigenvalue weighted by atomic mass is 10.0. The van der Waals surface area contributed by atoms with E-state index in [1.54, 1.807) is 35.4 Å². The van der Waals surface area contributed by atoms with Gasteiger partial charge in [0.2, 0.25) is 11.8 Å². The van der Waals surface area contributed by atoms with E-state index in [1.807, 2.05) is 6.07 Å². The maximum atomic E-state index is 13.2. The number of nitrogens with one attached hydrogen (secondary N) is 2. The van der Waals surface area contributed by atoms with Gasteiger partial charge in [0.1, 0.15) is 24.1 Å². The summed E-state index contributed by atoms with van der Waals surface area (Å²) < 4.78 is 5.58. The lowest BCUT2D eigenvalue weighted by molar-refractivity contribution is -0.133. The van der Waals surface area contributed by atoms with E-state index < -0.39 is 24.8 Å². The Kier molecular flexibility index (Phi) is 8.08. The average Bonchev–Trinajstić information content (AvgIpc) is 3.31. The number of benzene rings is 1. The van der Waals surface area contributed by atoms with Crippen molar-refractivity contribution >= 4 is 40.3 Å². The summed E-state index contributed by atoms with van der Waals surface area (Å²) in [5, 5.41) is 38.4. The zero-order chi connectivity index (χ0) is 25.7. The van der Waals surface area contributed by atoms with Crippen LogP contribution >= 0.6 is 11.6 Å². The van der Waals surface area contributed by atoms with Gasteiger partial charge in [-0.3, -0.25) is 9.89 Å². The van der Waals surface area contributed by atoms with Gasteiger partial charge in [0.15, 0.2) is 5.65 Å². The normalized spacial score (nSPS) is 15.5. The number of carbonyl (C=O) groups excluding carboxylic acids is 1. The summed E-state index contributed by atoms with van der Waals surface area (Å²) in [5.74, 6) is -0.0370. The van der Waals surface area contributed by atoms with Crippen LogP contribution in [0.15, 0.2) is 36.5 Å². The number of aliphatic hydroxyl groups excluding tert-OH is 2. The van der Waals surface area contributed by atoms with Gasteiger partial charge in [-0.05, 0) is 23.8 Å². The molecular weight excluding hydrogens is 492 g/mol. The van der Waals surface area contributed by atoms with Crippen LogP contribution < -0.4 is 15.0 Å². The van der Waals surface area contributed by atoms with Crippen molar-refractivity contribution in [3.8, 4) is 5.88 Å². The standard InChI is InChI=1S/C23H27ClN6O6/c24-15-3-1-14(2-4-15)11-17(26-23(34)35)22(33)30-9-7-29(8-10-30)18-5-6-25-20-19(18)21(28-27-20)36-13-16(32)12-31/h1-6,16-17,26,31-32H,7-13H2,(H,34,35)(H,25,27,28)/t16?,17-/m1/s1. The van der Waals surface area contributed by atoms with Gasteiger partial charge in [0.05, 0.1) is 12.3 Å². The molecule has 1 fully saturated rings. The molecule has 1 aliphatic heterocycles. The molecule has 192 valence electrons. The number of anilines is 1. The third kappa shape index (κ3) is 5.96. The van der Waals surface area contributed by atoms with E-state index in [9.17, 15) is 19.8 Å². The topological polar surface area (TPSA) is 164 Å². The SMILES string of the molecule is O=C(O)N[C@H](Cc1ccc(Cl)cc1)C(=O)N1CCN(c2ccnc3[nH]nc(OCC(O)CO)c23)CC1. The number of hydrogen-bond acceptors (Lipinski definition) is 8. The molecule has 0 spiro atoms. The van der Waals surface area contributed by atoms with Crippen LogP contribution in [0.3, 0.4) is 0 Å². The summed E-state index contributed by atoms with van der Waals surface area (Å²) in [4.78, 5) is 32.6. The number of H-pyrrole nitrogens is 1. The van der Waals surface area contributed by atoms with Gasteiger partial charge >= 0.3 is 6.09 Å². The maximum Gasteiger partial charge on any atom is 0.405 e. The summed E-state index contributed by atoms with van der Waals surface area (Å²) in [7, 11) is 0. The molecule has 0 aliphatic carbocycles. The van der Waals surface area contributed by atoms with E-state index in [1.165, 1.54) is 0 Å². The second-order valence-electron chi connectivity index (χ2n) is 8.37. The fraction of sp³-hybridized carbons (Fsp3) is 0.391. The molecule has 2 aromatic heterocycles. The lowest BCUT2D eigenvalue weighted by Gasteiger charge is -2.37. The second kappa shape index (κ2) is 11.4.